The zero-order valence-electron chi connectivity index (χ0n) is 11.2. The minimum Gasteiger partial charge on any atom is -0.496 e. The fourth-order valence-electron chi connectivity index (χ4n) is 2.13. The SMILES string of the molecule is COc1cc(S(C)=O)ccc1-c1nc2ccccc2[nH]1. The smallest absolute Gasteiger partial charge is 0.142 e. The van der Waals surface area contributed by atoms with Gasteiger partial charge in [-0.15, -0.1) is 0 Å². The van der Waals surface area contributed by atoms with Crippen LogP contribution in [0.15, 0.2) is 47.4 Å². The summed E-state index contributed by atoms with van der Waals surface area (Å²) >= 11 is 0. The molecule has 20 heavy (non-hydrogen) atoms. The number of hydrogen-bond donors (Lipinski definition) is 1. The maximum atomic E-state index is 11.5. The average molecular weight is 286 g/mol. The molecule has 0 saturated heterocycles. The monoisotopic (exact) mass is 286 g/mol. The van der Waals surface area contributed by atoms with E-state index in [1.165, 1.54) is 0 Å². The summed E-state index contributed by atoms with van der Waals surface area (Å²) < 4.78 is 16.9. The van der Waals surface area contributed by atoms with Crippen LogP contribution >= 0.6 is 0 Å². The molecule has 0 aliphatic heterocycles. The largest absolute Gasteiger partial charge is 0.496 e. The number of H-pyrrole nitrogens is 1. The average Bonchev–Trinajstić information content (AvgIpc) is 2.90. The minimum atomic E-state index is -1.03. The molecule has 0 bridgehead atoms. The van der Waals surface area contributed by atoms with E-state index in [2.05, 4.69) is 9.97 Å². The number of aromatic nitrogens is 2. The van der Waals surface area contributed by atoms with E-state index in [1.54, 1.807) is 19.4 Å². The number of nitrogens with one attached hydrogen (secondary N) is 1. The van der Waals surface area contributed by atoms with Gasteiger partial charge in [0.05, 0.1) is 23.7 Å². The highest BCUT2D eigenvalue weighted by Gasteiger charge is 2.12. The van der Waals surface area contributed by atoms with E-state index in [-0.39, 0.29) is 0 Å². The normalized spacial score (nSPS) is 12.5. The van der Waals surface area contributed by atoms with Crippen molar-refractivity contribution in [3.8, 4) is 17.1 Å². The van der Waals surface area contributed by atoms with Gasteiger partial charge in [-0.3, -0.25) is 4.21 Å². The molecule has 2 aromatic carbocycles. The molecule has 1 aromatic heterocycles. The highest BCUT2D eigenvalue weighted by molar-refractivity contribution is 7.84. The summed E-state index contributed by atoms with van der Waals surface area (Å²) in [4.78, 5) is 8.56. The van der Waals surface area contributed by atoms with Gasteiger partial charge in [0.1, 0.15) is 11.6 Å². The van der Waals surface area contributed by atoms with Gasteiger partial charge in [0.2, 0.25) is 0 Å². The molecule has 1 N–H and O–H groups in total. The van der Waals surface area contributed by atoms with Gasteiger partial charge < -0.3 is 9.72 Å². The minimum absolute atomic E-state index is 0.664. The van der Waals surface area contributed by atoms with Gasteiger partial charge in [0.15, 0.2) is 0 Å². The van der Waals surface area contributed by atoms with E-state index in [1.807, 2.05) is 36.4 Å². The van der Waals surface area contributed by atoms with Crippen LogP contribution in [-0.4, -0.2) is 27.5 Å². The predicted octanol–water partition coefficient (Wildman–Crippen LogP) is 2.98. The molecule has 0 aliphatic carbocycles. The van der Waals surface area contributed by atoms with E-state index >= 15 is 0 Å². The Kier molecular flexibility index (Phi) is 3.28. The number of benzene rings is 2. The van der Waals surface area contributed by atoms with Gasteiger partial charge in [-0.2, -0.15) is 0 Å². The van der Waals surface area contributed by atoms with Crippen LogP contribution in [0.4, 0.5) is 0 Å². The molecular formula is C15H14N2O2S. The van der Waals surface area contributed by atoms with Gasteiger partial charge >= 0.3 is 0 Å². The van der Waals surface area contributed by atoms with E-state index in [4.69, 9.17) is 4.74 Å². The topological polar surface area (TPSA) is 55.0 Å². The highest BCUT2D eigenvalue weighted by Crippen LogP contribution is 2.31. The lowest BCUT2D eigenvalue weighted by Crippen LogP contribution is -1.93. The summed E-state index contributed by atoms with van der Waals surface area (Å²) in [6.45, 7) is 0. The molecule has 1 heterocycles. The fourth-order valence-corrected chi connectivity index (χ4v) is 2.66. The Balaban J connectivity index is 2.15. The summed E-state index contributed by atoms with van der Waals surface area (Å²) in [7, 11) is 0.570. The van der Waals surface area contributed by atoms with Crippen molar-refractivity contribution in [2.45, 2.75) is 4.90 Å². The first kappa shape index (κ1) is 12.9. The number of ether oxygens (including phenoxy) is 1. The van der Waals surface area contributed by atoms with Crippen molar-refractivity contribution in [3.05, 3.63) is 42.5 Å². The molecule has 0 amide bonds. The number of fused-ring (bicyclic) bond motifs is 1. The van der Waals surface area contributed by atoms with Crippen molar-refractivity contribution in [1.29, 1.82) is 0 Å². The van der Waals surface area contributed by atoms with Gasteiger partial charge in [0.25, 0.3) is 0 Å². The number of aromatic amines is 1. The molecule has 1 unspecified atom stereocenters. The van der Waals surface area contributed by atoms with Gasteiger partial charge in [0, 0.05) is 22.0 Å². The second-order valence-corrected chi connectivity index (χ2v) is 5.80. The third kappa shape index (κ3) is 2.20. The van der Waals surface area contributed by atoms with Crippen LogP contribution < -0.4 is 4.74 Å². The Morgan fingerprint density at radius 3 is 2.70 bits per heavy atom. The third-order valence-electron chi connectivity index (χ3n) is 3.15. The van der Waals surface area contributed by atoms with Crippen molar-refractivity contribution >= 4 is 21.8 Å². The number of imidazole rings is 1. The second kappa shape index (κ2) is 5.09. The maximum Gasteiger partial charge on any atom is 0.142 e. The molecule has 0 fully saturated rings. The molecule has 5 heteroatoms. The van der Waals surface area contributed by atoms with Crippen molar-refractivity contribution in [2.24, 2.45) is 0 Å². The Morgan fingerprint density at radius 2 is 2.00 bits per heavy atom. The summed E-state index contributed by atoms with van der Waals surface area (Å²) in [6.07, 6.45) is 1.65. The van der Waals surface area contributed by atoms with Crippen LogP contribution in [0.2, 0.25) is 0 Å². The molecule has 0 spiro atoms. The summed E-state index contributed by atoms with van der Waals surface area (Å²) in [5.41, 5.74) is 2.75. The summed E-state index contributed by atoms with van der Waals surface area (Å²) in [5, 5.41) is 0. The first-order valence-electron chi connectivity index (χ1n) is 6.15. The predicted molar refractivity (Wildman–Crippen MR) is 80.4 cm³/mol. The molecule has 0 aliphatic rings. The lowest BCUT2D eigenvalue weighted by molar-refractivity contribution is 0.415. The zero-order chi connectivity index (χ0) is 14.1. The molecule has 3 rings (SSSR count). The second-order valence-electron chi connectivity index (χ2n) is 4.42. The summed E-state index contributed by atoms with van der Waals surface area (Å²) in [5.74, 6) is 1.41. The first-order valence-corrected chi connectivity index (χ1v) is 7.71. The Bertz CT molecular complexity index is 762. The van der Waals surface area contributed by atoms with Gasteiger partial charge in [-0.1, -0.05) is 12.1 Å². The van der Waals surface area contributed by atoms with Crippen molar-refractivity contribution in [2.75, 3.05) is 13.4 Å². The molecule has 4 nitrogen and oxygen atoms in total. The number of hydrogen-bond acceptors (Lipinski definition) is 3. The third-order valence-corrected chi connectivity index (χ3v) is 4.07. The van der Waals surface area contributed by atoms with E-state index in [0.717, 1.165) is 27.3 Å². The molecule has 102 valence electrons. The number of nitrogens with zero attached hydrogens (tertiary/aromatic N) is 1. The highest BCUT2D eigenvalue weighted by atomic mass is 32.2. The summed E-state index contributed by atoms with van der Waals surface area (Å²) in [6, 6.07) is 13.4. The Labute approximate surface area is 119 Å². The van der Waals surface area contributed by atoms with Gasteiger partial charge in [-0.05, 0) is 30.3 Å². The van der Waals surface area contributed by atoms with Crippen LogP contribution in [0.5, 0.6) is 5.75 Å². The molecule has 0 saturated carbocycles. The molecule has 0 radical (unpaired) electrons. The van der Waals surface area contributed by atoms with Crippen LogP contribution in [0.3, 0.4) is 0 Å². The zero-order valence-corrected chi connectivity index (χ0v) is 12.0. The molecule has 3 aromatic rings. The van der Waals surface area contributed by atoms with Gasteiger partial charge in [-0.25, -0.2) is 4.98 Å². The van der Waals surface area contributed by atoms with Crippen LogP contribution in [-0.2, 0) is 10.8 Å². The lowest BCUT2D eigenvalue weighted by Gasteiger charge is -2.07. The number of para-hydroxylation sites is 2. The standard InChI is InChI=1S/C15H14N2O2S/c1-19-14-9-10(20(2)18)7-8-11(14)15-16-12-5-3-4-6-13(12)17-15/h3-9H,1-2H3,(H,16,17). The lowest BCUT2D eigenvalue weighted by atomic mass is 10.2. The van der Waals surface area contributed by atoms with E-state index in [9.17, 15) is 4.21 Å². The van der Waals surface area contributed by atoms with E-state index < -0.39 is 10.8 Å². The van der Waals surface area contributed by atoms with Crippen LogP contribution in [0, 0.1) is 0 Å². The molecular weight excluding hydrogens is 272 g/mol. The van der Waals surface area contributed by atoms with Crippen molar-refractivity contribution in [3.63, 3.8) is 0 Å². The van der Waals surface area contributed by atoms with Crippen molar-refractivity contribution in [1.82, 2.24) is 9.97 Å². The maximum absolute atomic E-state index is 11.5. The van der Waals surface area contributed by atoms with Crippen LogP contribution in [0.25, 0.3) is 22.4 Å². The number of rotatable bonds is 3. The Morgan fingerprint density at radius 1 is 1.20 bits per heavy atom. The molecule has 1 atom stereocenters. The fraction of sp³-hybridized carbons (Fsp3) is 0.133. The Hall–Kier alpha value is -2.14. The first-order chi connectivity index (χ1) is 9.69. The quantitative estimate of drug-likeness (QED) is 0.805. The van der Waals surface area contributed by atoms with E-state index in [0.29, 0.717) is 5.75 Å². The number of methoxy groups -OCH3 is 1. The van der Waals surface area contributed by atoms with Crippen molar-refractivity contribution < 1.29 is 8.95 Å². The van der Waals surface area contributed by atoms with Crippen LogP contribution in [0.1, 0.15) is 0 Å².